The maximum Gasteiger partial charge on any atom is 0.160 e. The van der Waals surface area contributed by atoms with Crippen LogP contribution in [0, 0.1) is 0 Å². The number of ether oxygens (including phenoxy) is 4. The first-order valence-corrected chi connectivity index (χ1v) is 7.93. The fourth-order valence-electron chi connectivity index (χ4n) is 3.06. The maximum atomic E-state index is 11.0. The minimum Gasteiger partial charge on any atom is -0.497 e. The molecule has 134 valence electrons. The van der Waals surface area contributed by atoms with Gasteiger partial charge >= 0.3 is 0 Å². The Morgan fingerprint density at radius 3 is 2.48 bits per heavy atom. The summed E-state index contributed by atoms with van der Waals surface area (Å²) in [5.41, 5.74) is -0.101. The third-order valence-corrected chi connectivity index (χ3v) is 4.46. The molecule has 0 radical (unpaired) electrons. The van der Waals surface area contributed by atoms with Crippen molar-refractivity contribution in [3.63, 3.8) is 0 Å². The van der Waals surface area contributed by atoms with Crippen molar-refractivity contribution in [3.05, 3.63) is 47.5 Å². The van der Waals surface area contributed by atoms with E-state index >= 15 is 0 Å². The molecule has 2 N–H and O–H groups in total. The molecule has 0 saturated heterocycles. The van der Waals surface area contributed by atoms with Gasteiger partial charge in [-0.25, -0.2) is 0 Å². The van der Waals surface area contributed by atoms with Crippen molar-refractivity contribution < 1.29 is 29.2 Å². The van der Waals surface area contributed by atoms with E-state index in [-0.39, 0.29) is 13.0 Å². The van der Waals surface area contributed by atoms with E-state index in [0.717, 1.165) is 5.56 Å². The molecule has 0 saturated carbocycles. The second-order valence-electron chi connectivity index (χ2n) is 6.06. The zero-order valence-electron chi connectivity index (χ0n) is 14.5. The first-order valence-electron chi connectivity index (χ1n) is 7.93. The number of rotatable bonds is 5. The SMILES string of the molecule is COc1ccc2c(c1)OCC(O)(Cc1ccc(OC)c(OC)c1)C2O. The molecule has 0 aliphatic carbocycles. The maximum absolute atomic E-state index is 11.0. The molecule has 1 aliphatic rings. The number of fused-ring (bicyclic) bond motifs is 1. The Labute approximate surface area is 146 Å². The van der Waals surface area contributed by atoms with Crippen molar-refractivity contribution in [2.45, 2.75) is 18.1 Å². The van der Waals surface area contributed by atoms with E-state index in [1.54, 1.807) is 51.7 Å². The molecule has 2 unspecified atom stereocenters. The predicted octanol–water partition coefficient (Wildman–Crippen LogP) is 2.11. The van der Waals surface area contributed by atoms with E-state index < -0.39 is 11.7 Å². The van der Waals surface area contributed by atoms with Gasteiger partial charge in [-0.3, -0.25) is 0 Å². The summed E-state index contributed by atoms with van der Waals surface area (Å²) in [5, 5.41) is 21.7. The zero-order valence-corrected chi connectivity index (χ0v) is 14.5. The molecule has 0 fully saturated rings. The van der Waals surface area contributed by atoms with Gasteiger partial charge in [0.2, 0.25) is 0 Å². The molecule has 6 nitrogen and oxygen atoms in total. The lowest BCUT2D eigenvalue weighted by Gasteiger charge is -2.38. The molecule has 3 rings (SSSR count). The molecule has 1 heterocycles. The zero-order chi connectivity index (χ0) is 18.0. The van der Waals surface area contributed by atoms with Crippen molar-refractivity contribution in [1.82, 2.24) is 0 Å². The topological polar surface area (TPSA) is 77.4 Å². The van der Waals surface area contributed by atoms with Crippen LogP contribution >= 0.6 is 0 Å². The second-order valence-corrected chi connectivity index (χ2v) is 6.06. The standard InChI is InChI=1S/C19H22O6/c1-22-13-5-6-14-16(9-13)25-11-19(21,18(14)20)10-12-4-7-15(23-2)17(8-12)24-3/h4-9,18,20-21H,10-11H2,1-3H3. The van der Waals surface area contributed by atoms with Crippen molar-refractivity contribution >= 4 is 0 Å². The summed E-state index contributed by atoms with van der Waals surface area (Å²) in [6.07, 6.45) is -0.866. The monoisotopic (exact) mass is 346 g/mol. The Morgan fingerprint density at radius 1 is 1.04 bits per heavy atom. The van der Waals surface area contributed by atoms with Gasteiger partial charge in [0, 0.05) is 18.1 Å². The fraction of sp³-hybridized carbons (Fsp3) is 0.368. The highest BCUT2D eigenvalue weighted by molar-refractivity contribution is 5.46. The molecule has 2 aromatic rings. The van der Waals surface area contributed by atoms with E-state index in [4.69, 9.17) is 18.9 Å². The molecule has 0 aromatic heterocycles. The van der Waals surface area contributed by atoms with Gasteiger partial charge in [-0.1, -0.05) is 6.07 Å². The summed E-state index contributed by atoms with van der Waals surface area (Å²) in [4.78, 5) is 0. The minimum atomic E-state index is -1.44. The third-order valence-electron chi connectivity index (χ3n) is 4.46. The lowest BCUT2D eigenvalue weighted by atomic mass is 9.84. The van der Waals surface area contributed by atoms with Gasteiger partial charge in [-0.15, -0.1) is 0 Å². The molecule has 2 atom stereocenters. The van der Waals surface area contributed by atoms with Gasteiger partial charge in [0.25, 0.3) is 0 Å². The van der Waals surface area contributed by atoms with Crippen LogP contribution in [0.5, 0.6) is 23.0 Å². The molecular formula is C19H22O6. The van der Waals surface area contributed by atoms with E-state index in [1.807, 2.05) is 6.07 Å². The van der Waals surface area contributed by atoms with Crippen molar-refractivity contribution in [1.29, 1.82) is 0 Å². The summed E-state index contributed by atoms with van der Waals surface area (Å²) in [5.74, 6) is 2.33. The molecule has 25 heavy (non-hydrogen) atoms. The van der Waals surface area contributed by atoms with Crippen LogP contribution in [-0.4, -0.2) is 43.8 Å². The Balaban J connectivity index is 1.87. The van der Waals surface area contributed by atoms with Crippen LogP contribution in [-0.2, 0) is 6.42 Å². The highest BCUT2D eigenvalue weighted by Gasteiger charge is 2.42. The van der Waals surface area contributed by atoms with Gasteiger partial charge in [-0.05, 0) is 29.8 Å². The van der Waals surface area contributed by atoms with E-state index in [2.05, 4.69) is 0 Å². The molecule has 2 aromatic carbocycles. The molecular weight excluding hydrogens is 324 g/mol. The number of hydrogen-bond donors (Lipinski definition) is 2. The number of benzene rings is 2. The highest BCUT2D eigenvalue weighted by Crippen LogP contribution is 2.41. The largest absolute Gasteiger partial charge is 0.497 e. The van der Waals surface area contributed by atoms with Crippen LogP contribution in [0.25, 0.3) is 0 Å². The van der Waals surface area contributed by atoms with Crippen LogP contribution < -0.4 is 18.9 Å². The molecule has 0 amide bonds. The van der Waals surface area contributed by atoms with Crippen LogP contribution in [0.15, 0.2) is 36.4 Å². The van der Waals surface area contributed by atoms with Crippen LogP contribution in [0.3, 0.4) is 0 Å². The average molecular weight is 346 g/mol. The van der Waals surface area contributed by atoms with E-state index in [0.29, 0.717) is 28.6 Å². The normalized spacial score (nSPS) is 21.9. The third kappa shape index (κ3) is 3.23. The summed E-state index contributed by atoms with van der Waals surface area (Å²) in [6.45, 7) is -0.0251. The summed E-state index contributed by atoms with van der Waals surface area (Å²) in [6, 6.07) is 10.5. The smallest absolute Gasteiger partial charge is 0.160 e. The lowest BCUT2D eigenvalue weighted by molar-refractivity contribution is -0.114. The van der Waals surface area contributed by atoms with Crippen LogP contribution in [0.2, 0.25) is 0 Å². The molecule has 1 aliphatic heterocycles. The van der Waals surface area contributed by atoms with Gasteiger partial charge < -0.3 is 29.2 Å². The number of methoxy groups -OCH3 is 3. The Bertz CT molecular complexity index is 760. The first kappa shape index (κ1) is 17.4. The van der Waals surface area contributed by atoms with Gasteiger partial charge in [-0.2, -0.15) is 0 Å². The molecule has 6 heteroatoms. The molecule has 0 bridgehead atoms. The number of hydrogen-bond acceptors (Lipinski definition) is 6. The van der Waals surface area contributed by atoms with E-state index in [1.165, 1.54) is 0 Å². The Kier molecular flexibility index (Phi) is 4.74. The minimum absolute atomic E-state index is 0.0251. The van der Waals surface area contributed by atoms with Crippen LogP contribution in [0.4, 0.5) is 0 Å². The van der Waals surface area contributed by atoms with Gasteiger partial charge in [0.05, 0.1) is 21.3 Å². The Morgan fingerprint density at radius 2 is 1.80 bits per heavy atom. The van der Waals surface area contributed by atoms with Crippen LogP contribution in [0.1, 0.15) is 17.2 Å². The second kappa shape index (κ2) is 6.82. The van der Waals surface area contributed by atoms with Crippen molar-refractivity contribution in [2.24, 2.45) is 0 Å². The summed E-state index contributed by atoms with van der Waals surface area (Å²) < 4.78 is 21.4. The summed E-state index contributed by atoms with van der Waals surface area (Å²) >= 11 is 0. The van der Waals surface area contributed by atoms with Gasteiger partial charge in [0.1, 0.15) is 29.8 Å². The van der Waals surface area contributed by atoms with Crippen molar-refractivity contribution in [3.8, 4) is 23.0 Å². The molecule has 0 spiro atoms. The lowest BCUT2D eigenvalue weighted by Crippen LogP contribution is -2.47. The van der Waals surface area contributed by atoms with Gasteiger partial charge in [0.15, 0.2) is 11.5 Å². The average Bonchev–Trinajstić information content (AvgIpc) is 2.64. The van der Waals surface area contributed by atoms with E-state index in [9.17, 15) is 10.2 Å². The number of aliphatic hydroxyl groups is 2. The quantitative estimate of drug-likeness (QED) is 0.863. The first-order chi connectivity index (χ1) is 12.0. The van der Waals surface area contributed by atoms with Crippen molar-refractivity contribution in [2.75, 3.05) is 27.9 Å². The summed E-state index contributed by atoms with van der Waals surface area (Å²) in [7, 11) is 4.68. The Hall–Kier alpha value is -2.44. The fourth-order valence-corrected chi connectivity index (χ4v) is 3.06. The predicted molar refractivity (Wildman–Crippen MR) is 91.6 cm³/mol. The number of aliphatic hydroxyl groups excluding tert-OH is 1. The highest BCUT2D eigenvalue weighted by atomic mass is 16.5.